The zero-order valence-electron chi connectivity index (χ0n) is 2.77. The molecule has 0 spiro atoms. The molecule has 0 aliphatic carbocycles. The van der Waals surface area contributed by atoms with E-state index in [0.29, 0.717) is 0 Å². The molecule has 0 aliphatic heterocycles. The molecule has 0 aromatic heterocycles. The summed E-state index contributed by atoms with van der Waals surface area (Å²) >= 11 is 0. The molecule has 5 nitrogen and oxygen atoms in total. The van der Waals surface area contributed by atoms with E-state index in [1.165, 1.54) is 0 Å². The molecule has 0 amide bonds. The van der Waals surface area contributed by atoms with E-state index in [0.717, 1.165) is 0 Å². The fraction of sp³-hybridized carbons (Fsp3) is 0. The number of hydrogen-bond acceptors (Lipinski definition) is 3. The van der Waals surface area contributed by atoms with E-state index in [1.807, 2.05) is 0 Å². The quantitative estimate of drug-likeness (QED) is 0.307. The van der Waals surface area contributed by atoms with E-state index in [4.69, 9.17) is 15.3 Å². The molecule has 0 fully saturated rings. The average molecular weight is 181 g/mol. The zero-order chi connectivity index (χ0) is 3.58. The number of nitrogens with zero attached hydrogens (tertiary/aromatic N) is 1. The molecule has 0 unspecified atom stereocenters. The minimum atomic E-state index is -1.50. The Morgan fingerprint density at radius 1 is 1.67 bits per heavy atom. The van der Waals surface area contributed by atoms with Gasteiger partial charge in [-0.1, -0.05) is 0 Å². The van der Waals surface area contributed by atoms with Crippen LogP contribution in [-0.4, -0.2) is 10.3 Å². The second-order valence-corrected chi connectivity index (χ2v) is 0.238. The topological polar surface area (TPSA) is 98.4 Å². The Hall–Kier alpha value is -0.217. The molecule has 0 aromatic rings. The SMILES string of the molecule is N.O=[N+]([O-])O.[Ru]. The number of hydrogen-bond donors (Lipinski definition) is 2. The van der Waals surface area contributed by atoms with Crippen molar-refractivity contribution in [2.45, 2.75) is 0 Å². The van der Waals surface area contributed by atoms with Crippen LogP contribution in [0.25, 0.3) is 0 Å². The second-order valence-electron chi connectivity index (χ2n) is 0.238. The predicted octanol–water partition coefficient (Wildman–Crippen LogP) is -0.188. The van der Waals surface area contributed by atoms with Crippen LogP contribution in [0.2, 0.25) is 0 Å². The Bertz CT molecular complexity index is 31.8. The smallest absolute Gasteiger partial charge is 0.291 e. The Balaban J connectivity index is -0.0000000450. The summed E-state index contributed by atoms with van der Waals surface area (Å²) in [5, 5.41) is 13.6. The van der Waals surface area contributed by atoms with E-state index < -0.39 is 5.09 Å². The third-order valence-electron chi connectivity index (χ3n) is 0. The van der Waals surface area contributed by atoms with Crippen molar-refractivity contribution in [3.63, 3.8) is 0 Å². The Labute approximate surface area is 46.8 Å². The second kappa shape index (κ2) is 8.84. The van der Waals surface area contributed by atoms with Crippen molar-refractivity contribution in [2.24, 2.45) is 0 Å². The summed E-state index contributed by atoms with van der Waals surface area (Å²) < 4.78 is 0. The maximum Gasteiger partial charge on any atom is 0.291 e. The zero-order valence-corrected chi connectivity index (χ0v) is 4.51. The fourth-order valence-electron chi connectivity index (χ4n) is 0. The first-order chi connectivity index (χ1) is 1.73. The van der Waals surface area contributed by atoms with Gasteiger partial charge in [-0.2, -0.15) is 0 Å². The first kappa shape index (κ1) is 17.1. The summed E-state index contributed by atoms with van der Waals surface area (Å²) in [5.74, 6) is 0. The fourth-order valence-corrected chi connectivity index (χ4v) is 0. The first-order valence-corrected chi connectivity index (χ1v) is 0.565. The molecular formula is H4N2O3Ru. The van der Waals surface area contributed by atoms with Crippen LogP contribution in [-0.2, 0) is 19.5 Å². The molecule has 0 saturated carbocycles. The number of rotatable bonds is 0. The van der Waals surface area contributed by atoms with Gasteiger partial charge in [-0.15, -0.1) is 10.1 Å². The van der Waals surface area contributed by atoms with Crippen molar-refractivity contribution in [2.75, 3.05) is 0 Å². The molecule has 0 rings (SSSR count). The van der Waals surface area contributed by atoms with Gasteiger partial charge in [-0.25, -0.2) is 0 Å². The van der Waals surface area contributed by atoms with E-state index >= 15 is 0 Å². The average Bonchev–Trinajstić information content (AvgIpc) is 0.811. The molecular weight excluding hydrogens is 177 g/mol. The van der Waals surface area contributed by atoms with Crippen LogP contribution < -0.4 is 6.15 Å². The summed E-state index contributed by atoms with van der Waals surface area (Å²) in [6, 6.07) is 0. The summed E-state index contributed by atoms with van der Waals surface area (Å²) in [6.07, 6.45) is 0. The van der Waals surface area contributed by atoms with Gasteiger partial charge in [0.25, 0.3) is 5.09 Å². The minimum Gasteiger partial charge on any atom is -0.344 e. The molecule has 0 saturated heterocycles. The monoisotopic (exact) mass is 182 g/mol. The van der Waals surface area contributed by atoms with E-state index in [9.17, 15) is 0 Å². The van der Waals surface area contributed by atoms with Gasteiger partial charge in [0.05, 0.1) is 0 Å². The van der Waals surface area contributed by atoms with Crippen molar-refractivity contribution in [1.82, 2.24) is 6.15 Å². The van der Waals surface area contributed by atoms with Crippen LogP contribution in [0.5, 0.6) is 0 Å². The molecule has 6 heavy (non-hydrogen) atoms. The molecule has 0 atom stereocenters. The van der Waals surface area contributed by atoms with E-state index in [-0.39, 0.29) is 25.6 Å². The first-order valence-electron chi connectivity index (χ1n) is 0.565. The molecule has 0 bridgehead atoms. The third kappa shape index (κ3) is 625. The van der Waals surface area contributed by atoms with Gasteiger partial charge in [0.15, 0.2) is 0 Å². The molecule has 0 aromatic carbocycles. The summed E-state index contributed by atoms with van der Waals surface area (Å²) in [4.78, 5) is 8.36. The van der Waals surface area contributed by atoms with Crippen LogP contribution in [0.1, 0.15) is 0 Å². The maximum absolute atomic E-state index is 8.36. The largest absolute Gasteiger partial charge is 0.344 e. The van der Waals surface area contributed by atoms with Crippen molar-refractivity contribution >= 4 is 0 Å². The van der Waals surface area contributed by atoms with Gasteiger partial charge in [-0.3, -0.25) is 0 Å². The van der Waals surface area contributed by atoms with Gasteiger partial charge in [0, 0.05) is 19.5 Å². The van der Waals surface area contributed by atoms with Crippen LogP contribution >= 0.6 is 0 Å². The van der Waals surface area contributed by atoms with Crippen molar-refractivity contribution in [3.8, 4) is 0 Å². The third-order valence-corrected chi connectivity index (χ3v) is 0. The molecule has 4 N–H and O–H groups in total. The summed E-state index contributed by atoms with van der Waals surface area (Å²) in [7, 11) is 0. The van der Waals surface area contributed by atoms with Crippen LogP contribution in [0.3, 0.4) is 0 Å². The summed E-state index contributed by atoms with van der Waals surface area (Å²) in [6.45, 7) is 0. The molecule has 0 heterocycles. The van der Waals surface area contributed by atoms with E-state index in [2.05, 4.69) is 0 Å². The Kier molecular flexibility index (Phi) is 25.2. The Morgan fingerprint density at radius 2 is 1.67 bits per heavy atom. The van der Waals surface area contributed by atoms with Gasteiger partial charge in [0.2, 0.25) is 0 Å². The van der Waals surface area contributed by atoms with Crippen LogP contribution in [0, 0.1) is 10.1 Å². The van der Waals surface area contributed by atoms with E-state index in [1.54, 1.807) is 0 Å². The van der Waals surface area contributed by atoms with Crippen LogP contribution in [0.15, 0.2) is 0 Å². The van der Waals surface area contributed by atoms with Crippen LogP contribution in [0.4, 0.5) is 0 Å². The molecule has 40 valence electrons. The molecule has 0 aliphatic rings. The molecule has 6 heteroatoms. The van der Waals surface area contributed by atoms with Gasteiger partial charge >= 0.3 is 0 Å². The predicted molar refractivity (Wildman–Crippen MR) is 13.8 cm³/mol. The van der Waals surface area contributed by atoms with Crippen molar-refractivity contribution < 1.29 is 29.8 Å². The normalized spacial score (nSPS) is 4.00. The standard InChI is InChI=1S/HNO3.H3N.Ru/c2-1(3)4;;/h(H,2,3,4);1H3;. The van der Waals surface area contributed by atoms with Gasteiger partial charge < -0.3 is 11.4 Å². The maximum atomic E-state index is 8.36. The summed E-state index contributed by atoms with van der Waals surface area (Å²) in [5.41, 5.74) is 0. The minimum absolute atomic E-state index is 0. The van der Waals surface area contributed by atoms with Crippen molar-refractivity contribution in [1.29, 1.82) is 0 Å². The van der Waals surface area contributed by atoms with Gasteiger partial charge in [0.1, 0.15) is 0 Å². The van der Waals surface area contributed by atoms with Crippen molar-refractivity contribution in [3.05, 3.63) is 10.1 Å². The van der Waals surface area contributed by atoms with Gasteiger partial charge in [-0.05, 0) is 0 Å². The Morgan fingerprint density at radius 3 is 1.67 bits per heavy atom. The molecule has 0 radical (unpaired) electrons.